The van der Waals surface area contributed by atoms with Crippen LogP contribution in [-0.4, -0.2) is 26.3 Å². The summed E-state index contributed by atoms with van der Waals surface area (Å²) < 4.78 is 15.6. The standard InChI is InChI=1S/C23H26FN5S/c1-23-13-29-14-26-21(16-7-9-19(24)10-8-16)20(29)12-18(23)5-2-4-17(23)6-3-11-25-22-28-27-15-30-22/h7-10,12,14-15,17H,2-6,11,13H2,1H3,(H,25,28)/t17-,23-/m1/s1. The molecule has 3 heterocycles. The van der Waals surface area contributed by atoms with Crippen molar-refractivity contribution < 1.29 is 4.39 Å². The van der Waals surface area contributed by atoms with E-state index in [9.17, 15) is 4.39 Å². The molecule has 2 aliphatic rings. The Morgan fingerprint density at radius 2 is 2.17 bits per heavy atom. The molecule has 2 atom stereocenters. The van der Waals surface area contributed by atoms with Crippen molar-refractivity contribution in [2.75, 3.05) is 11.9 Å². The molecule has 5 rings (SSSR count). The molecule has 1 aliphatic carbocycles. The van der Waals surface area contributed by atoms with Crippen LogP contribution in [0.4, 0.5) is 9.52 Å². The fraction of sp³-hybridized carbons (Fsp3) is 0.435. The van der Waals surface area contributed by atoms with Crippen LogP contribution >= 0.6 is 11.3 Å². The van der Waals surface area contributed by atoms with Crippen LogP contribution in [0.15, 0.2) is 41.7 Å². The van der Waals surface area contributed by atoms with Crippen molar-refractivity contribution in [1.82, 2.24) is 19.7 Å². The molecular formula is C23H26FN5S. The molecule has 1 N–H and O–H groups in total. The number of rotatable bonds is 6. The molecule has 7 heteroatoms. The Labute approximate surface area is 180 Å². The number of benzene rings is 1. The summed E-state index contributed by atoms with van der Waals surface area (Å²) in [5.74, 6) is 0.451. The Morgan fingerprint density at radius 3 is 2.97 bits per heavy atom. The van der Waals surface area contributed by atoms with Crippen LogP contribution < -0.4 is 5.32 Å². The van der Waals surface area contributed by atoms with E-state index in [-0.39, 0.29) is 11.2 Å². The average molecular weight is 424 g/mol. The van der Waals surface area contributed by atoms with Gasteiger partial charge in [-0.15, -0.1) is 10.2 Å². The quantitative estimate of drug-likeness (QED) is 0.522. The number of aromatic nitrogens is 4. The minimum atomic E-state index is -0.214. The van der Waals surface area contributed by atoms with Crippen molar-refractivity contribution in [2.45, 2.75) is 45.6 Å². The number of imidazole rings is 1. The van der Waals surface area contributed by atoms with E-state index >= 15 is 0 Å². The molecule has 5 nitrogen and oxygen atoms in total. The van der Waals surface area contributed by atoms with Gasteiger partial charge in [-0.2, -0.15) is 0 Å². The van der Waals surface area contributed by atoms with Crippen molar-refractivity contribution in [2.24, 2.45) is 11.3 Å². The molecular weight excluding hydrogens is 397 g/mol. The first-order valence-electron chi connectivity index (χ1n) is 10.7. The summed E-state index contributed by atoms with van der Waals surface area (Å²) in [6, 6.07) is 6.65. The number of anilines is 1. The molecule has 0 unspecified atom stereocenters. The number of nitrogens with zero attached hydrogens (tertiary/aromatic N) is 4. The van der Waals surface area contributed by atoms with Gasteiger partial charge in [-0.3, -0.25) is 0 Å². The summed E-state index contributed by atoms with van der Waals surface area (Å²) in [5, 5.41) is 12.2. The van der Waals surface area contributed by atoms with Crippen molar-refractivity contribution in [3.8, 4) is 11.3 Å². The van der Waals surface area contributed by atoms with Crippen LogP contribution in [-0.2, 0) is 6.54 Å². The normalized spacial score (nSPS) is 22.9. The predicted molar refractivity (Wildman–Crippen MR) is 119 cm³/mol. The monoisotopic (exact) mass is 423 g/mol. The lowest BCUT2D eigenvalue weighted by molar-refractivity contribution is 0.142. The number of allylic oxidation sites excluding steroid dienone is 1. The number of halogens is 1. The predicted octanol–water partition coefficient (Wildman–Crippen LogP) is 5.64. The molecule has 0 bridgehead atoms. The van der Waals surface area contributed by atoms with Gasteiger partial charge in [0.2, 0.25) is 5.13 Å². The van der Waals surface area contributed by atoms with Gasteiger partial charge in [0, 0.05) is 24.1 Å². The van der Waals surface area contributed by atoms with Gasteiger partial charge in [-0.05, 0) is 68.4 Å². The molecule has 0 radical (unpaired) electrons. The highest BCUT2D eigenvalue weighted by atomic mass is 32.1. The maximum Gasteiger partial charge on any atom is 0.205 e. The van der Waals surface area contributed by atoms with E-state index in [0.717, 1.165) is 48.0 Å². The second-order valence-electron chi connectivity index (χ2n) is 8.60. The molecule has 1 fully saturated rings. The van der Waals surface area contributed by atoms with Crippen molar-refractivity contribution >= 4 is 22.5 Å². The minimum Gasteiger partial charge on any atom is -0.360 e. The molecule has 1 aliphatic heterocycles. The van der Waals surface area contributed by atoms with Crippen molar-refractivity contribution in [3.63, 3.8) is 0 Å². The topological polar surface area (TPSA) is 55.6 Å². The molecule has 1 saturated carbocycles. The number of hydrogen-bond donors (Lipinski definition) is 1. The lowest BCUT2D eigenvalue weighted by atomic mass is 9.61. The highest BCUT2D eigenvalue weighted by molar-refractivity contribution is 7.13. The van der Waals surface area contributed by atoms with Gasteiger partial charge in [0.1, 0.15) is 11.3 Å². The molecule has 3 aromatic rings. The third kappa shape index (κ3) is 3.55. The summed E-state index contributed by atoms with van der Waals surface area (Å²) in [7, 11) is 0. The van der Waals surface area contributed by atoms with Crippen LogP contribution in [0.25, 0.3) is 17.3 Å². The molecule has 0 amide bonds. The van der Waals surface area contributed by atoms with Crippen LogP contribution in [0.2, 0.25) is 0 Å². The van der Waals surface area contributed by atoms with Crippen molar-refractivity contribution in [3.05, 3.63) is 53.2 Å². The lowest BCUT2D eigenvalue weighted by Gasteiger charge is -2.46. The minimum absolute atomic E-state index is 0.175. The molecule has 2 aromatic heterocycles. The largest absolute Gasteiger partial charge is 0.360 e. The molecule has 0 saturated heterocycles. The van der Waals surface area contributed by atoms with Gasteiger partial charge >= 0.3 is 0 Å². The fourth-order valence-electron chi connectivity index (χ4n) is 5.15. The van der Waals surface area contributed by atoms with E-state index in [1.165, 1.54) is 31.4 Å². The zero-order valence-electron chi connectivity index (χ0n) is 17.1. The highest BCUT2D eigenvalue weighted by Crippen LogP contribution is 2.51. The van der Waals surface area contributed by atoms with E-state index in [1.54, 1.807) is 22.4 Å². The van der Waals surface area contributed by atoms with Crippen LogP contribution in [0.1, 0.15) is 44.7 Å². The first-order chi connectivity index (χ1) is 14.6. The Kier molecular flexibility index (Phi) is 5.15. The second-order valence-corrected chi connectivity index (χ2v) is 9.44. The summed E-state index contributed by atoms with van der Waals surface area (Å²) in [6.45, 7) is 4.34. The Bertz CT molecular complexity index is 1040. The first-order valence-corrected chi connectivity index (χ1v) is 11.5. The zero-order valence-corrected chi connectivity index (χ0v) is 18.0. The first kappa shape index (κ1) is 19.4. The average Bonchev–Trinajstić information content (AvgIpc) is 3.40. The summed E-state index contributed by atoms with van der Waals surface area (Å²) in [5.41, 5.74) is 6.56. The van der Waals surface area contributed by atoms with Gasteiger partial charge in [-0.1, -0.05) is 23.8 Å². The number of fused-ring (bicyclic) bond motifs is 2. The van der Waals surface area contributed by atoms with E-state index in [0.29, 0.717) is 5.92 Å². The van der Waals surface area contributed by atoms with Gasteiger partial charge < -0.3 is 9.88 Å². The van der Waals surface area contributed by atoms with E-state index in [4.69, 9.17) is 0 Å². The van der Waals surface area contributed by atoms with E-state index in [1.807, 2.05) is 18.5 Å². The summed E-state index contributed by atoms with van der Waals surface area (Å²) in [4.78, 5) is 4.69. The van der Waals surface area contributed by atoms with Gasteiger partial charge in [0.05, 0.1) is 17.7 Å². The van der Waals surface area contributed by atoms with Gasteiger partial charge in [0.15, 0.2) is 0 Å². The molecule has 1 aromatic carbocycles. The summed E-state index contributed by atoms with van der Waals surface area (Å²) >= 11 is 1.55. The fourth-order valence-corrected chi connectivity index (χ4v) is 5.62. The van der Waals surface area contributed by atoms with Crippen LogP contribution in [0.5, 0.6) is 0 Å². The van der Waals surface area contributed by atoms with Crippen LogP contribution in [0, 0.1) is 17.2 Å². The third-order valence-electron chi connectivity index (χ3n) is 6.80. The summed E-state index contributed by atoms with van der Waals surface area (Å²) in [6.07, 6.45) is 10.3. The zero-order chi connectivity index (χ0) is 20.6. The highest BCUT2D eigenvalue weighted by Gasteiger charge is 2.42. The Hall–Kier alpha value is -2.54. The second kappa shape index (κ2) is 7.95. The molecule has 30 heavy (non-hydrogen) atoms. The van der Waals surface area contributed by atoms with Gasteiger partial charge in [-0.25, -0.2) is 9.37 Å². The smallest absolute Gasteiger partial charge is 0.205 e. The number of nitrogens with one attached hydrogen (secondary N) is 1. The van der Waals surface area contributed by atoms with Gasteiger partial charge in [0.25, 0.3) is 0 Å². The number of hydrogen-bond acceptors (Lipinski definition) is 5. The Morgan fingerprint density at radius 1 is 1.30 bits per heavy atom. The third-order valence-corrected chi connectivity index (χ3v) is 7.45. The maximum atomic E-state index is 13.3. The molecule has 0 spiro atoms. The van der Waals surface area contributed by atoms with E-state index < -0.39 is 0 Å². The van der Waals surface area contributed by atoms with E-state index in [2.05, 4.69) is 38.1 Å². The van der Waals surface area contributed by atoms with Crippen molar-refractivity contribution in [1.29, 1.82) is 0 Å². The Balaban J connectivity index is 1.33. The van der Waals surface area contributed by atoms with Crippen LogP contribution in [0.3, 0.4) is 0 Å². The lowest BCUT2D eigenvalue weighted by Crippen LogP contribution is -2.39. The SMILES string of the molecule is C[C@]12Cn3cnc(-c4ccc(F)cc4)c3C=C1CCC[C@@H]2CCCNc1nncs1. The molecule has 156 valence electrons. The maximum absolute atomic E-state index is 13.3.